The summed E-state index contributed by atoms with van der Waals surface area (Å²) in [7, 11) is 0. The summed E-state index contributed by atoms with van der Waals surface area (Å²) in [5, 5.41) is 4.49. The Morgan fingerprint density at radius 1 is 1.19 bits per heavy atom. The highest BCUT2D eigenvalue weighted by molar-refractivity contribution is 9.09. The highest BCUT2D eigenvalue weighted by atomic mass is 79.9. The summed E-state index contributed by atoms with van der Waals surface area (Å²) in [6.07, 6.45) is 2.02. The van der Waals surface area contributed by atoms with E-state index in [9.17, 15) is 0 Å². The lowest BCUT2D eigenvalue weighted by Gasteiger charge is -2.50. The fraction of sp³-hybridized carbons (Fsp3) is 1.00. The first kappa shape index (κ1) is 12.8. The Bertz CT molecular complexity index is 262. The topological polar surface area (TPSA) is 30.5 Å². The molecule has 2 rings (SSSR count). The van der Waals surface area contributed by atoms with E-state index in [0.717, 1.165) is 18.2 Å². The number of hydrogen-bond acceptors (Lipinski definition) is 3. The zero-order valence-electron chi connectivity index (χ0n) is 10.6. The zero-order valence-corrected chi connectivity index (χ0v) is 12.2. The van der Waals surface area contributed by atoms with Gasteiger partial charge in [-0.2, -0.15) is 0 Å². The van der Waals surface area contributed by atoms with Crippen LogP contribution in [0.5, 0.6) is 0 Å². The maximum Gasteiger partial charge on any atom is 0.172 e. The molecular weight excluding hydrogens is 270 g/mol. The highest BCUT2D eigenvalue weighted by Gasteiger charge is 2.52. The van der Waals surface area contributed by atoms with Gasteiger partial charge in [0.25, 0.3) is 0 Å². The molecule has 94 valence electrons. The molecule has 0 aromatic carbocycles. The van der Waals surface area contributed by atoms with E-state index in [-0.39, 0.29) is 23.0 Å². The van der Waals surface area contributed by atoms with Crippen LogP contribution in [0.25, 0.3) is 0 Å². The standard InChI is InChI=1S/C12H22BrNO2/c1-10(2)7-12(8-11(3,4)14-10)15-6-9(5-13)16-12/h9,14H,5-8H2,1-4H3. The number of halogens is 1. The van der Waals surface area contributed by atoms with Crippen LogP contribution >= 0.6 is 15.9 Å². The van der Waals surface area contributed by atoms with Crippen molar-refractivity contribution in [1.82, 2.24) is 5.32 Å². The summed E-state index contributed by atoms with van der Waals surface area (Å²) in [4.78, 5) is 0. The molecule has 2 aliphatic heterocycles. The third-order valence-electron chi connectivity index (χ3n) is 3.19. The second-order valence-corrected chi connectivity index (χ2v) is 7.01. The molecule has 1 spiro atoms. The summed E-state index contributed by atoms with van der Waals surface area (Å²) in [5.41, 5.74) is 0.117. The lowest BCUT2D eigenvalue weighted by Crippen LogP contribution is -2.63. The molecule has 4 heteroatoms. The third-order valence-corrected chi connectivity index (χ3v) is 3.91. The van der Waals surface area contributed by atoms with Gasteiger partial charge in [0.1, 0.15) is 0 Å². The summed E-state index contributed by atoms with van der Waals surface area (Å²) in [6.45, 7) is 9.55. The molecule has 0 amide bonds. The van der Waals surface area contributed by atoms with Crippen LogP contribution in [0.15, 0.2) is 0 Å². The molecule has 1 unspecified atom stereocenters. The van der Waals surface area contributed by atoms with Crippen LogP contribution < -0.4 is 5.32 Å². The number of piperidine rings is 1. The number of rotatable bonds is 1. The normalized spacial score (nSPS) is 35.4. The van der Waals surface area contributed by atoms with Gasteiger partial charge in [0.15, 0.2) is 5.79 Å². The average molecular weight is 292 g/mol. The molecule has 2 aliphatic rings. The van der Waals surface area contributed by atoms with E-state index < -0.39 is 0 Å². The van der Waals surface area contributed by atoms with E-state index >= 15 is 0 Å². The first-order valence-corrected chi connectivity index (χ1v) is 7.05. The minimum absolute atomic E-state index is 0.0585. The van der Waals surface area contributed by atoms with Crippen molar-refractivity contribution in [2.24, 2.45) is 0 Å². The number of nitrogens with one attached hydrogen (secondary N) is 1. The molecule has 0 bridgehead atoms. The predicted octanol–water partition coefficient (Wildman–Crippen LogP) is 2.43. The van der Waals surface area contributed by atoms with E-state index in [1.807, 2.05) is 0 Å². The van der Waals surface area contributed by atoms with Gasteiger partial charge >= 0.3 is 0 Å². The monoisotopic (exact) mass is 291 g/mol. The van der Waals surface area contributed by atoms with Gasteiger partial charge in [0.2, 0.25) is 0 Å². The maximum atomic E-state index is 6.10. The molecule has 2 saturated heterocycles. The maximum absolute atomic E-state index is 6.10. The van der Waals surface area contributed by atoms with Crippen LogP contribution in [0.2, 0.25) is 0 Å². The Labute approximate surface area is 106 Å². The summed E-state index contributed by atoms with van der Waals surface area (Å²) < 4.78 is 12.1. The number of hydrogen-bond donors (Lipinski definition) is 1. The van der Waals surface area contributed by atoms with E-state index in [1.54, 1.807) is 0 Å². The number of ether oxygens (including phenoxy) is 2. The fourth-order valence-corrected chi connectivity index (χ4v) is 3.61. The van der Waals surface area contributed by atoms with Crippen molar-refractivity contribution in [3.8, 4) is 0 Å². The van der Waals surface area contributed by atoms with Crippen LogP contribution in [-0.2, 0) is 9.47 Å². The molecule has 16 heavy (non-hydrogen) atoms. The van der Waals surface area contributed by atoms with Gasteiger partial charge in [-0.1, -0.05) is 15.9 Å². The molecule has 1 atom stereocenters. The lowest BCUT2D eigenvalue weighted by atomic mass is 9.79. The number of alkyl halides is 1. The Kier molecular flexibility index (Phi) is 3.15. The van der Waals surface area contributed by atoms with Gasteiger partial charge in [-0.05, 0) is 27.7 Å². The molecule has 0 aromatic rings. The van der Waals surface area contributed by atoms with Gasteiger partial charge in [-0.25, -0.2) is 0 Å². The quantitative estimate of drug-likeness (QED) is 0.753. The molecular formula is C12H22BrNO2. The van der Waals surface area contributed by atoms with E-state index in [2.05, 4.69) is 48.9 Å². The average Bonchev–Trinajstić information content (AvgIpc) is 2.41. The zero-order chi connectivity index (χ0) is 12.0. The van der Waals surface area contributed by atoms with E-state index in [0.29, 0.717) is 6.61 Å². The van der Waals surface area contributed by atoms with Crippen molar-refractivity contribution in [3.05, 3.63) is 0 Å². The van der Waals surface area contributed by atoms with Gasteiger partial charge in [0, 0.05) is 29.2 Å². The van der Waals surface area contributed by atoms with Gasteiger partial charge in [-0.15, -0.1) is 0 Å². The van der Waals surface area contributed by atoms with Crippen LogP contribution in [0.1, 0.15) is 40.5 Å². The van der Waals surface area contributed by atoms with Crippen LogP contribution in [0.3, 0.4) is 0 Å². The van der Waals surface area contributed by atoms with Crippen LogP contribution in [-0.4, -0.2) is 34.9 Å². The van der Waals surface area contributed by atoms with Crippen molar-refractivity contribution >= 4 is 15.9 Å². The molecule has 1 N–H and O–H groups in total. The molecule has 0 aromatic heterocycles. The molecule has 2 fully saturated rings. The van der Waals surface area contributed by atoms with Crippen LogP contribution in [0.4, 0.5) is 0 Å². The Hall–Kier alpha value is 0.360. The van der Waals surface area contributed by atoms with E-state index in [4.69, 9.17) is 9.47 Å². The Balaban J connectivity index is 2.16. The lowest BCUT2D eigenvalue weighted by molar-refractivity contribution is -0.212. The molecule has 0 radical (unpaired) electrons. The minimum Gasteiger partial charge on any atom is -0.347 e. The van der Waals surface area contributed by atoms with Crippen LogP contribution in [0, 0.1) is 0 Å². The molecule has 0 aliphatic carbocycles. The van der Waals surface area contributed by atoms with Gasteiger partial charge in [-0.3, -0.25) is 0 Å². The van der Waals surface area contributed by atoms with Gasteiger partial charge < -0.3 is 14.8 Å². The van der Waals surface area contributed by atoms with Crippen molar-refractivity contribution in [2.75, 3.05) is 11.9 Å². The van der Waals surface area contributed by atoms with Crippen molar-refractivity contribution in [1.29, 1.82) is 0 Å². The smallest absolute Gasteiger partial charge is 0.172 e. The SMILES string of the molecule is CC1(C)CC2(CC(C)(C)N1)OCC(CBr)O2. The largest absolute Gasteiger partial charge is 0.347 e. The summed E-state index contributed by atoms with van der Waals surface area (Å²) in [5.74, 6) is -0.378. The van der Waals surface area contributed by atoms with Gasteiger partial charge in [0.05, 0.1) is 12.7 Å². The molecule has 3 nitrogen and oxygen atoms in total. The molecule has 2 heterocycles. The fourth-order valence-electron chi connectivity index (χ4n) is 3.29. The van der Waals surface area contributed by atoms with Crippen molar-refractivity contribution < 1.29 is 9.47 Å². The summed E-state index contributed by atoms with van der Waals surface area (Å²) in [6, 6.07) is 0. The Morgan fingerprint density at radius 3 is 2.19 bits per heavy atom. The first-order valence-electron chi connectivity index (χ1n) is 5.93. The van der Waals surface area contributed by atoms with Crippen molar-refractivity contribution in [3.63, 3.8) is 0 Å². The minimum atomic E-state index is -0.378. The second kappa shape index (κ2) is 3.94. The second-order valence-electron chi connectivity index (χ2n) is 6.36. The van der Waals surface area contributed by atoms with Crippen molar-refractivity contribution in [2.45, 2.75) is 63.5 Å². The highest BCUT2D eigenvalue weighted by Crippen LogP contribution is 2.42. The predicted molar refractivity (Wildman–Crippen MR) is 67.9 cm³/mol. The Morgan fingerprint density at radius 2 is 1.75 bits per heavy atom. The first-order chi connectivity index (χ1) is 7.26. The molecule has 0 saturated carbocycles. The van der Waals surface area contributed by atoms with E-state index in [1.165, 1.54) is 0 Å². The summed E-state index contributed by atoms with van der Waals surface area (Å²) >= 11 is 3.46. The third kappa shape index (κ3) is 2.61.